The summed E-state index contributed by atoms with van der Waals surface area (Å²) in [5.41, 5.74) is 0.641. The molecule has 0 unspecified atom stereocenters. The molecule has 7 nitrogen and oxygen atoms in total. The van der Waals surface area contributed by atoms with Crippen molar-refractivity contribution < 1.29 is 24.5 Å². The first-order valence-electron chi connectivity index (χ1n) is 6.97. The number of amides is 1. The van der Waals surface area contributed by atoms with Gasteiger partial charge in [0.1, 0.15) is 23.8 Å². The highest BCUT2D eigenvalue weighted by atomic mass is 35.5. The number of hydrogen-bond donors (Lipinski definition) is 3. The molecule has 1 aliphatic carbocycles. The molecule has 24 heavy (non-hydrogen) atoms. The van der Waals surface area contributed by atoms with Gasteiger partial charge in [0.05, 0.1) is 23.0 Å². The molecule has 1 amide bonds. The normalized spacial score (nSPS) is 15.8. The fraction of sp³-hybridized carbons (Fsp3) is 0.188. The largest absolute Gasteiger partial charge is 0.508 e. The molecule has 1 aliphatic rings. The van der Waals surface area contributed by atoms with E-state index < -0.39 is 11.7 Å². The van der Waals surface area contributed by atoms with Crippen LogP contribution in [0.4, 0.5) is 5.69 Å². The second-order valence-electron chi connectivity index (χ2n) is 4.82. The van der Waals surface area contributed by atoms with Gasteiger partial charge in [-0.15, -0.1) is 0 Å². The van der Waals surface area contributed by atoms with Crippen LogP contribution in [0.15, 0.2) is 46.8 Å². The molecule has 1 aromatic carbocycles. The van der Waals surface area contributed by atoms with Gasteiger partial charge in [-0.25, -0.2) is 4.99 Å². The molecule has 8 heteroatoms. The Morgan fingerprint density at radius 3 is 2.75 bits per heavy atom. The van der Waals surface area contributed by atoms with Crippen molar-refractivity contribution in [2.24, 2.45) is 4.99 Å². The van der Waals surface area contributed by atoms with Crippen molar-refractivity contribution in [1.29, 1.82) is 0 Å². The van der Waals surface area contributed by atoms with E-state index in [2.05, 4.69) is 10.3 Å². The van der Waals surface area contributed by atoms with E-state index in [-0.39, 0.29) is 41.2 Å². The summed E-state index contributed by atoms with van der Waals surface area (Å²) < 4.78 is 5.31. The molecule has 0 fully saturated rings. The number of aliphatic imine (C=N–C) groups is 1. The zero-order chi connectivity index (χ0) is 17.7. The van der Waals surface area contributed by atoms with Gasteiger partial charge in [-0.3, -0.25) is 9.59 Å². The van der Waals surface area contributed by atoms with Gasteiger partial charge in [0.15, 0.2) is 0 Å². The number of carbonyl (C=O) groups excluding carboxylic acids is 2. The number of halogens is 1. The number of hydrogen-bond acceptors (Lipinski definition) is 6. The van der Waals surface area contributed by atoms with Gasteiger partial charge in [-0.1, -0.05) is 11.6 Å². The molecule has 1 aromatic rings. The van der Waals surface area contributed by atoms with E-state index in [1.165, 1.54) is 37.3 Å². The van der Waals surface area contributed by atoms with Crippen molar-refractivity contribution in [3.63, 3.8) is 0 Å². The zero-order valence-corrected chi connectivity index (χ0v) is 13.5. The summed E-state index contributed by atoms with van der Waals surface area (Å²) in [4.78, 5) is 27.5. The van der Waals surface area contributed by atoms with Gasteiger partial charge in [-0.2, -0.15) is 0 Å². The number of aromatic hydroxyl groups is 1. The molecule has 0 heterocycles. The fourth-order valence-electron chi connectivity index (χ4n) is 1.91. The summed E-state index contributed by atoms with van der Waals surface area (Å²) in [6.07, 6.45) is 2.54. The molecule has 0 aromatic heterocycles. The Labute approximate surface area is 142 Å². The molecule has 126 valence electrons. The first-order chi connectivity index (χ1) is 11.4. The van der Waals surface area contributed by atoms with Crippen LogP contribution in [-0.2, 0) is 14.3 Å². The second kappa shape index (κ2) is 7.76. The third-order valence-electron chi connectivity index (χ3n) is 2.89. The van der Waals surface area contributed by atoms with Crippen molar-refractivity contribution in [3.8, 4) is 5.75 Å². The molecule has 0 aliphatic heterocycles. The third kappa shape index (κ3) is 4.43. The summed E-state index contributed by atoms with van der Waals surface area (Å²) in [6, 6.07) is 4.23. The van der Waals surface area contributed by atoms with Crippen LogP contribution in [0.25, 0.3) is 0 Å². The Morgan fingerprint density at radius 2 is 2.12 bits per heavy atom. The van der Waals surface area contributed by atoms with Gasteiger partial charge in [0.2, 0.25) is 11.7 Å². The van der Waals surface area contributed by atoms with E-state index >= 15 is 0 Å². The lowest BCUT2D eigenvalue weighted by Crippen LogP contribution is -2.28. The minimum absolute atomic E-state index is 0.00968. The summed E-state index contributed by atoms with van der Waals surface area (Å²) in [5.74, 6) is -0.713. The van der Waals surface area contributed by atoms with Crippen LogP contribution in [0.2, 0.25) is 5.02 Å². The monoisotopic (exact) mass is 350 g/mol. The maximum absolute atomic E-state index is 12.0. The van der Waals surface area contributed by atoms with Crippen LogP contribution in [-0.4, -0.2) is 40.8 Å². The van der Waals surface area contributed by atoms with E-state index in [9.17, 15) is 14.7 Å². The number of aliphatic hydroxyl groups excluding tert-OH is 1. The van der Waals surface area contributed by atoms with E-state index in [0.717, 1.165) is 0 Å². The van der Waals surface area contributed by atoms with Crippen LogP contribution < -0.4 is 5.32 Å². The quantitative estimate of drug-likeness (QED) is 0.699. The fourth-order valence-corrected chi connectivity index (χ4v) is 2.13. The number of ether oxygens (including phenoxy) is 1. The van der Waals surface area contributed by atoms with Crippen molar-refractivity contribution in [2.75, 3.05) is 13.2 Å². The number of ketones is 1. The minimum atomic E-state index is -0.450. The van der Waals surface area contributed by atoms with E-state index in [1.807, 2.05) is 0 Å². The highest BCUT2D eigenvalue weighted by molar-refractivity contribution is 6.33. The summed E-state index contributed by atoms with van der Waals surface area (Å²) in [5, 5.41) is 20.9. The smallest absolute Gasteiger partial charge is 0.221 e. The highest BCUT2D eigenvalue weighted by Gasteiger charge is 2.21. The predicted octanol–water partition coefficient (Wildman–Crippen LogP) is 1.61. The highest BCUT2D eigenvalue weighted by Crippen LogP contribution is 2.30. The molecule has 0 spiro atoms. The van der Waals surface area contributed by atoms with Crippen molar-refractivity contribution in [2.45, 2.75) is 6.92 Å². The zero-order valence-electron chi connectivity index (χ0n) is 12.7. The van der Waals surface area contributed by atoms with Gasteiger partial charge < -0.3 is 20.3 Å². The molecule has 0 saturated carbocycles. The Morgan fingerprint density at radius 1 is 1.38 bits per heavy atom. The van der Waals surface area contributed by atoms with Gasteiger partial charge >= 0.3 is 0 Å². The molecule has 0 atom stereocenters. The van der Waals surface area contributed by atoms with Crippen molar-refractivity contribution in [3.05, 3.63) is 46.8 Å². The Balaban J connectivity index is 2.44. The lowest BCUT2D eigenvalue weighted by Gasteiger charge is -2.16. The summed E-state index contributed by atoms with van der Waals surface area (Å²) in [7, 11) is 0. The molecular weight excluding hydrogens is 336 g/mol. The summed E-state index contributed by atoms with van der Waals surface area (Å²) >= 11 is 6.03. The van der Waals surface area contributed by atoms with Crippen LogP contribution in [0.1, 0.15) is 6.92 Å². The lowest BCUT2D eigenvalue weighted by atomic mass is 10.1. The third-order valence-corrected chi connectivity index (χ3v) is 3.20. The second-order valence-corrected chi connectivity index (χ2v) is 5.22. The average molecular weight is 351 g/mol. The molecule has 0 saturated heterocycles. The predicted molar refractivity (Wildman–Crippen MR) is 88.2 cm³/mol. The lowest BCUT2D eigenvalue weighted by molar-refractivity contribution is -0.120. The molecule has 0 radical (unpaired) electrons. The average Bonchev–Trinajstić information content (AvgIpc) is 2.51. The molecular formula is C16H15ClN2O5. The first kappa shape index (κ1) is 17.7. The number of carbonyl (C=O) groups is 2. The number of nitrogens with zero attached hydrogens (tertiary/aromatic N) is 1. The number of aliphatic hydroxyl groups is 1. The minimum Gasteiger partial charge on any atom is -0.508 e. The maximum atomic E-state index is 12.0. The van der Waals surface area contributed by atoms with E-state index in [0.29, 0.717) is 5.69 Å². The van der Waals surface area contributed by atoms with Crippen LogP contribution in [0.3, 0.4) is 0 Å². The number of phenolic OH excluding ortho intramolecular Hbond substituents is 1. The first-order valence-corrected chi connectivity index (χ1v) is 7.35. The van der Waals surface area contributed by atoms with Crippen molar-refractivity contribution >= 4 is 34.7 Å². The molecule has 3 N–H and O–H groups in total. The SMILES string of the molecule is CC(=O)NC1=CC(=Nc2ccc(O)cc2Cl)C(OCCO)=CC1=O. The van der Waals surface area contributed by atoms with E-state index in [4.69, 9.17) is 21.4 Å². The number of rotatable bonds is 5. The van der Waals surface area contributed by atoms with Crippen LogP contribution >= 0.6 is 11.6 Å². The molecule has 2 rings (SSSR count). The summed E-state index contributed by atoms with van der Waals surface area (Å²) in [6.45, 7) is 1.02. The number of nitrogens with one attached hydrogen (secondary N) is 1. The van der Waals surface area contributed by atoms with Crippen LogP contribution in [0.5, 0.6) is 5.75 Å². The standard InChI is InChI=1S/C16H15ClN2O5/c1-9(21)18-13-7-14(16(8-15(13)23)24-5-4-20)19-12-3-2-10(22)6-11(12)17/h2-3,6-8,20,22H,4-5H2,1H3,(H,18,21). The van der Waals surface area contributed by atoms with Crippen LogP contribution in [0, 0.1) is 0 Å². The Kier molecular flexibility index (Phi) is 5.73. The van der Waals surface area contributed by atoms with E-state index in [1.54, 1.807) is 0 Å². The Bertz CT molecular complexity index is 768. The molecule has 0 bridgehead atoms. The number of benzene rings is 1. The van der Waals surface area contributed by atoms with Gasteiger partial charge in [0, 0.05) is 19.1 Å². The number of phenols is 1. The maximum Gasteiger partial charge on any atom is 0.221 e. The topological polar surface area (TPSA) is 108 Å². The van der Waals surface area contributed by atoms with Gasteiger partial charge in [0.25, 0.3) is 0 Å². The Hall–Kier alpha value is -2.64. The van der Waals surface area contributed by atoms with Crippen molar-refractivity contribution in [1.82, 2.24) is 5.32 Å². The number of allylic oxidation sites excluding steroid dienone is 2. The van der Waals surface area contributed by atoms with Gasteiger partial charge in [-0.05, 0) is 18.2 Å².